The zero-order valence-corrected chi connectivity index (χ0v) is 23.7. The number of halogens is 2. The van der Waals surface area contributed by atoms with Crippen molar-refractivity contribution in [3.8, 4) is 0 Å². The Bertz CT molecular complexity index is 1370. The molecular formula is C23H19Cl2N4O7S3+. The lowest BCUT2D eigenvalue weighted by Crippen LogP contribution is -2.70. The van der Waals surface area contributed by atoms with E-state index in [0.29, 0.717) is 22.0 Å². The molecular weight excluding hydrogens is 611 g/mol. The largest absolute Gasteiger partial charge is 0.477 e. The van der Waals surface area contributed by atoms with Crippen molar-refractivity contribution >= 4 is 88.0 Å². The molecule has 2 aromatic heterocycles. The zero-order valence-electron chi connectivity index (χ0n) is 19.7. The molecule has 1 fully saturated rings. The molecule has 2 aliphatic rings. The monoisotopic (exact) mass is 629 g/mol. The van der Waals surface area contributed by atoms with Gasteiger partial charge in [0, 0.05) is 33.4 Å². The predicted octanol–water partition coefficient (Wildman–Crippen LogP) is 1.95. The van der Waals surface area contributed by atoms with Crippen LogP contribution in [0.5, 0.6) is 0 Å². The van der Waals surface area contributed by atoms with Gasteiger partial charge in [-0.1, -0.05) is 23.2 Å². The molecule has 2 aliphatic heterocycles. The average Bonchev–Trinajstić information content (AvgIpc) is 2.88. The molecule has 16 heteroatoms. The molecule has 3 N–H and O–H groups in total. The fraction of sp³-hybridized carbons (Fsp3) is 0.261. The molecule has 4 heterocycles. The Balaban J connectivity index is 1.35. The number of aliphatic carboxylic acids is 2. The van der Waals surface area contributed by atoms with E-state index in [1.807, 2.05) is 0 Å². The molecule has 2 amide bonds. The molecule has 0 aromatic carbocycles. The van der Waals surface area contributed by atoms with Crippen molar-refractivity contribution in [1.82, 2.24) is 15.2 Å². The maximum absolute atomic E-state index is 12.9. The highest BCUT2D eigenvalue weighted by Crippen LogP contribution is 2.41. The van der Waals surface area contributed by atoms with Gasteiger partial charge >= 0.3 is 17.7 Å². The van der Waals surface area contributed by atoms with E-state index in [4.69, 9.17) is 28.3 Å². The maximum Gasteiger partial charge on any atom is 0.379 e. The van der Waals surface area contributed by atoms with Crippen LogP contribution in [0.4, 0.5) is 0 Å². The topological polar surface area (TPSA) is 158 Å². The van der Waals surface area contributed by atoms with Gasteiger partial charge in [0.05, 0.1) is 5.75 Å². The number of fused-ring (bicyclic) bond motifs is 1. The second-order valence-corrected chi connectivity index (χ2v) is 12.1. The fourth-order valence-electron chi connectivity index (χ4n) is 3.73. The number of rotatable bonds is 11. The van der Waals surface area contributed by atoms with Gasteiger partial charge in [-0.25, -0.2) is 14.6 Å². The first kappa shape index (κ1) is 29.2. The molecule has 0 spiro atoms. The second kappa shape index (κ2) is 12.6. The summed E-state index contributed by atoms with van der Waals surface area (Å²) in [6, 6.07) is 5.66. The van der Waals surface area contributed by atoms with Crippen LogP contribution in [0.25, 0.3) is 0 Å². The maximum atomic E-state index is 12.9. The van der Waals surface area contributed by atoms with E-state index in [1.54, 1.807) is 36.7 Å². The lowest BCUT2D eigenvalue weighted by atomic mass is 10.0. The third-order valence-corrected chi connectivity index (χ3v) is 9.31. The van der Waals surface area contributed by atoms with Gasteiger partial charge in [-0.3, -0.25) is 19.3 Å². The number of nitrogens with zero attached hydrogens (tertiary/aromatic N) is 3. The van der Waals surface area contributed by atoms with E-state index in [-0.39, 0.29) is 28.3 Å². The van der Waals surface area contributed by atoms with Crippen molar-refractivity contribution < 1.29 is 38.8 Å². The number of β-lactam (4-membered cyclic amide) rings is 1. The number of nitrogens with one attached hydrogen (secondary N) is 1. The van der Waals surface area contributed by atoms with Crippen LogP contribution >= 0.6 is 58.5 Å². The lowest BCUT2D eigenvalue weighted by Gasteiger charge is -2.49. The quantitative estimate of drug-likeness (QED) is 0.110. The minimum atomic E-state index is -1.51. The van der Waals surface area contributed by atoms with Crippen LogP contribution in [0.1, 0.15) is 0 Å². The van der Waals surface area contributed by atoms with E-state index in [1.165, 1.54) is 44.8 Å². The number of carboxylic acid groups (broad SMARTS) is 2. The molecule has 0 unspecified atom stereocenters. The van der Waals surface area contributed by atoms with Crippen molar-refractivity contribution in [2.75, 3.05) is 17.3 Å². The minimum absolute atomic E-state index is 0.00288. The number of amides is 2. The Morgan fingerprint density at radius 2 is 1.77 bits per heavy atom. The molecule has 0 aliphatic carbocycles. The van der Waals surface area contributed by atoms with E-state index >= 15 is 0 Å². The second-order valence-electron chi connectivity index (χ2n) is 8.17. The van der Waals surface area contributed by atoms with Gasteiger partial charge in [-0.05, 0) is 17.7 Å². The number of carboxylic acids is 2. The molecule has 4 rings (SSSR count). The highest BCUT2D eigenvalue weighted by molar-refractivity contribution is 8.01. The van der Waals surface area contributed by atoms with Crippen LogP contribution in [-0.4, -0.2) is 78.3 Å². The van der Waals surface area contributed by atoms with Crippen molar-refractivity contribution in [2.24, 2.45) is 0 Å². The van der Waals surface area contributed by atoms with E-state index in [9.17, 15) is 29.1 Å². The van der Waals surface area contributed by atoms with Gasteiger partial charge < -0.3 is 15.5 Å². The predicted molar refractivity (Wildman–Crippen MR) is 145 cm³/mol. The van der Waals surface area contributed by atoms with Gasteiger partial charge in [0.25, 0.3) is 5.91 Å². The molecule has 1 saturated heterocycles. The van der Waals surface area contributed by atoms with Gasteiger partial charge in [-0.2, -0.15) is 4.57 Å². The highest BCUT2D eigenvalue weighted by Gasteiger charge is 2.54. The third-order valence-electron chi connectivity index (χ3n) is 5.51. The summed E-state index contributed by atoms with van der Waals surface area (Å²) in [4.78, 5) is 66.0. The molecule has 39 heavy (non-hydrogen) atoms. The molecule has 204 valence electrons. The summed E-state index contributed by atoms with van der Waals surface area (Å²) in [5.41, 5.74) is 0.474. The number of Topliss-reactive ketones (excluding diaryl/α,β-unsaturated/α-hetero) is 1. The summed E-state index contributed by atoms with van der Waals surface area (Å²) in [6.07, 6.45) is 3.12. The van der Waals surface area contributed by atoms with E-state index in [0.717, 1.165) is 4.90 Å². The SMILES string of the molecule is O=C(CSc1cc(Cl)nc(Cl)c1)N[C@@H]1C(=O)N2C(C(=O)O)=C(CSc3cc[n+](CC(=O)C(=O)O)cc3)CS[C@H]12. The zero-order chi connectivity index (χ0) is 28.3. The number of pyridine rings is 2. The minimum Gasteiger partial charge on any atom is -0.477 e. The number of aromatic nitrogens is 2. The lowest BCUT2D eigenvalue weighted by molar-refractivity contribution is -0.684. The number of carbonyl (C=O) groups is 5. The molecule has 0 radical (unpaired) electrons. The van der Waals surface area contributed by atoms with E-state index in [2.05, 4.69) is 10.3 Å². The highest BCUT2D eigenvalue weighted by atomic mass is 35.5. The van der Waals surface area contributed by atoms with Crippen LogP contribution < -0.4 is 9.88 Å². The Morgan fingerprint density at radius 3 is 2.38 bits per heavy atom. The molecule has 2 atom stereocenters. The molecule has 0 bridgehead atoms. The van der Waals surface area contributed by atoms with Crippen molar-refractivity contribution in [3.05, 3.63) is 58.2 Å². The van der Waals surface area contributed by atoms with Crippen molar-refractivity contribution in [1.29, 1.82) is 0 Å². The third kappa shape index (κ3) is 7.06. The normalized spacial score (nSPS) is 18.3. The number of hydrogen-bond acceptors (Lipinski definition) is 9. The molecule has 0 saturated carbocycles. The van der Waals surface area contributed by atoms with Crippen LogP contribution in [0.3, 0.4) is 0 Å². The van der Waals surface area contributed by atoms with Crippen LogP contribution in [0.15, 0.2) is 57.7 Å². The average molecular weight is 631 g/mol. The van der Waals surface area contributed by atoms with Crippen LogP contribution in [-0.2, 0) is 30.5 Å². The Hall–Kier alpha value is -2.78. The summed E-state index contributed by atoms with van der Waals surface area (Å²) >= 11 is 15.6. The summed E-state index contributed by atoms with van der Waals surface area (Å²) in [7, 11) is 0. The number of thioether (sulfide) groups is 3. The van der Waals surface area contributed by atoms with Gasteiger partial charge in [0.2, 0.25) is 12.5 Å². The van der Waals surface area contributed by atoms with Gasteiger partial charge in [-0.15, -0.1) is 35.3 Å². The molecule has 2 aromatic rings. The van der Waals surface area contributed by atoms with Crippen molar-refractivity contribution in [3.63, 3.8) is 0 Å². The first-order valence-corrected chi connectivity index (χ1v) is 14.8. The smallest absolute Gasteiger partial charge is 0.379 e. The summed E-state index contributed by atoms with van der Waals surface area (Å²) in [5, 5.41) is 21.1. The first-order chi connectivity index (χ1) is 18.5. The Labute approximate surface area is 244 Å². The van der Waals surface area contributed by atoms with Crippen molar-refractivity contribution in [2.45, 2.75) is 27.8 Å². The van der Waals surface area contributed by atoms with Gasteiger partial charge in [0.15, 0.2) is 12.4 Å². The number of ketones is 1. The fourth-order valence-corrected chi connectivity index (χ4v) is 7.46. The van der Waals surface area contributed by atoms with Gasteiger partial charge in [0.1, 0.15) is 27.4 Å². The number of hydrogen-bond donors (Lipinski definition) is 3. The summed E-state index contributed by atoms with van der Waals surface area (Å²) in [6.45, 7) is -0.299. The summed E-state index contributed by atoms with van der Waals surface area (Å²) in [5.74, 6) is -3.91. The Kier molecular flexibility index (Phi) is 9.43. The Morgan fingerprint density at radius 1 is 1.10 bits per heavy atom. The summed E-state index contributed by atoms with van der Waals surface area (Å²) < 4.78 is 1.43. The van der Waals surface area contributed by atoms with Crippen LogP contribution in [0, 0.1) is 0 Å². The molecule has 11 nitrogen and oxygen atoms in total. The number of carbonyl (C=O) groups excluding carboxylic acids is 3. The first-order valence-electron chi connectivity index (χ1n) is 11.1. The van der Waals surface area contributed by atoms with E-state index < -0.39 is 41.0 Å². The van der Waals surface area contributed by atoms with Crippen LogP contribution in [0.2, 0.25) is 10.3 Å². The standard InChI is InChI=1S/C23H18Cl2N4O7S3/c24-15-5-13(6-16(25)26-15)38-10-17(31)27-18-20(32)29-19(23(35)36)11(9-39-21(18)29)8-37-12-1-3-28(4-2-12)7-14(30)22(33)34/h1-6,18,21H,7-10H2,(H2-,27,31,33,34,35,36)/p+1/t18-,21-/m1/s1.